The maximum atomic E-state index is 15.1. The van der Waals surface area contributed by atoms with E-state index in [1.54, 1.807) is 49.3 Å². The number of hydrogen-bond donors (Lipinski definition) is 0. The smallest absolute Gasteiger partial charge is 0.410 e. The molecule has 2 aromatic rings. The number of benzene rings is 2. The first kappa shape index (κ1) is 27.3. The summed E-state index contributed by atoms with van der Waals surface area (Å²) in [6, 6.07) is 11.7. The van der Waals surface area contributed by atoms with Crippen LogP contribution in [0.2, 0.25) is 0 Å². The van der Waals surface area contributed by atoms with Crippen molar-refractivity contribution in [2.24, 2.45) is 0 Å². The summed E-state index contributed by atoms with van der Waals surface area (Å²) in [4.78, 5) is 30.3. The monoisotopic (exact) mass is 501 g/mol. The Hall–Kier alpha value is -3.29. The fourth-order valence-electron chi connectivity index (χ4n) is 4.07. The molecule has 1 unspecified atom stereocenters. The number of unbranched alkanes of at least 4 members (excludes halogenated alkanes) is 1. The van der Waals surface area contributed by atoms with Crippen LogP contribution in [-0.4, -0.2) is 62.3 Å². The van der Waals surface area contributed by atoms with Gasteiger partial charge in [-0.3, -0.25) is 4.79 Å². The maximum absolute atomic E-state index is 15.1. The largest absolute Gasteiger partial charge is 0.494 e. The van der Waals surface area contributed by atoms with Gasteiger partial charge in [0.2, 0.25) is 0 Å². The van der Waals surface area contributed by atoms with Crippen LogP contribution in [0.15, 0.2) is 42.5 Å². The Morgan fingerprint density at radius 2 is 1.83 bits per heavy atom. The molecule has 1 heterocycles. The molecular weight excluding hydrogens is 461 g/mol. The molecular formula is C28H40FN3O4. The lowest BCUT2D eigenvalue weighted by Crippen LogP contribution is -2.42. The van der Waals surface area contributed by atoms with E-state index in [1.807, 2.05) is 31.7 Å². The molecule has 0 spiro atoms. The second kappa shape index (κ2) is 11.6. The predicted molar refractivity (Wildman–Crippen MR) is 143 cm³/mol. The number of carbonyl (C=O) groups excluding carboxylic acids is 2. The number of ether oxygens (including phenoxy) is 2. The SMILES string of the molecule is CCCCOc1ccc(C(=O)N(C)c2ccc(N3CCC(N(C)C(=O)OC(C)(C)C)C3)cc2F)cc1.[HH]. The summed E-state index contributed by atoms with van der Waals surface area (Å²) in [6.45, 7) is 9.52. The average Bonchev–Trinajstić information content (AvgIpc) is 3.32. The van der Waals surface area contributed by atoms with Gasteiger partial charge < -0.3 is 24.2 Å². The molecule has 36 heavy (non-hydrogen) atoms. The highest BCUT2D eigenvalue weighted by atomic mass is 19.1. The number of rotatable bonds is 8. The van der Waals surface area contributed by atoms with Gasteiger partial charge in [-0.25, -0.2) is 9.18 Å². The van der Waals surface area contributed by atoms with E-state index >= 15 is 4.39 Å². The van der Waals surface area contributed by atoms with E-state index in [0.717, 1.165) is 19.3 Å². The zero-order chi connectivity index (χ0) is 26.5. The lowest BCUT2D eigenvalue weighted by Gasteiger charge is -2.29. The van der Waals surface area contributed by atoms with E-state index in [0.29, 0.717) is 36.7 Å². The van der Waals surface area contributed by atoms with Crippen LogP contribution in [0.1, 0.15) is 58.7 Å². The molecule has 1 atom stereocenters. The van der Waals surface area contributed by atoms with Gasteiger partial charge in [0.05, 0.1) is 18.3 Å². The summed E-state index contributed by atoms with van der Waals surface area (Å²) in [5, 5.41) is 0. The van der Waals surface area contributed by atoms with Crippen molar-refractivity contribution in [3.63, 3.8) is 0 Å². The van der Waals surface area contributed by atoms with Gasteiger partial charge >= 0.3 is 6.09 Å². The van der Waals surface area contributed by atoms with Crippen LogP contribution in [0.3, 0.4) is 0 Å². The zero-order valence-corrected chi connectivity index (χ0v) is 22.2. The first-order chi connectivity index (χ1) is 17.0. The molecule has 7 nitrogen and oxygen atoms in total. The van der Waals surface area contributed by atoms with Crippen molar-refractivity contribution >= 4 is 23.4 Å². The van der Waals surface area contributed by atoms with Crippen molar-refractivity contribution in [1.82, 2.24) is 4.90 Å². The third-order valence-corrected chi connectivity index (χ3v) is 6.22. The fraction of sp³-hybridized carbons (Fsp3) is 0.500. The number of anilines is 2. The second-order valence-corrected chi connectivity index (χ2v) is 10.2. The number of hydrogen-bond acceptors (Lipinski definition) is 5. The van der Waals surface area contributed by atoms with E-state index in [1.165, 1.54) is 11.0 Å². The molecule has 0 radical (unpaired) electrons. The van der Waals surface area contributed by atoms with Gasteiger partial charge in [0.15, 0.2) is 0 Å². The van der Waals surface area contributed by atoms with Gasteiger partial charge in [-0.1, -0.05) is 13.3 Å². The Morgan fingerprint density at radius 3 is 2.44 bits per heavy atom. The number of nitrogens with zero attached hydrogens (tertiary/aromatic N) is 3. The molecule has 0 aliphatic carbocycles. The van der Waals surface area contributed by atoms with Gasteiger partial charge in [-0.2, -0.15) is 0 Å². The lowest BCUT2D eigenvalue weighted by atomic mass is 10.1. The van der Waals surface area contributed by atoms with E-state index in [-0.39, 0.29) is 25.2 Å². The Bertz CT molecular complexity index is 1060. The van der Waals surface area contributed by atoms with Crippen LogP contribution < -0.4 is 14.5 Å². The van der Waals surface area contributed by atoms with Crippen LogP contribution in [0, 0.1) is 5.82 Å². The number of carbonyl (C=O) groups is 2. The summed E-state index contributed by atoms with van der Waals surface area (Å²) in [7, 11) is 3.30. The van der Waals surface area contributed by atoms with Crippen molar-refractivity contribution in [1.29, 1.82) is 0 Å². The van der Waals surface area contributed by atoms with Crippen molar-refractivity contribution in [2.45, 2.75) is 58.6 Å². The second-order valence-electron chi connectivity index (χ2n) is 10.2. The quantitative estimate of drug-likeness (QED) is 0.417. The van der Waals surface area contributed by atoms with E-state index in [2.05, 4.69) is 6.92 Å². The number of likely N-dealkylation sites (N-methyl/N-ethyl adjacent to an activating group) is 1. The van der Waals surface area contributed by atoms with Gasteiger partial charge in [-0.15, -0.1) is 0 Å². The molecule has 1 aliphatic rings. The van der Waals surface area contributed by atoms with Crippen LogP contribution >= 0.6 is 0 Å². The summed E-state index contributed by atoms with van der Waals surface area (Å²) in [6.07, 6.45) is 2.41. The average molecular weight is 502 g/mol. The molecule has 2 amide bonds. The zero-order valence-electron chi connectivity index (χ0n) is 22.2. The minimum absolute atomic E-state index is 0. The van der Waals surface area contributed by atoms with Crippen molar-refractivity contribution in [2.75, 3.05) is 43.6 Å². The summed E-state index contributed by atoms with van der Waals surface area (Å²) in [5.41, 5.74) is 0.812. The molecule has 0 bridgehead atoms. The van der Waals surface area contributed by atoms with Crippen molar-refractivity contribution in [3.05, 3.63) is 53.8 Å². The van der Waals surface area contributed by atoms with E-state index in [9.17, 15) is 9.59 Å². The molecule has 8 heteroatoms. The standard InChI is InChI=1S/C28H38FN3O4.H2/c1-7-8-17-35-23-12-9-20(10-13-23)26(33)31(6)25-14-11-21(18-24(25)29)32-16-15-22(19-32)30(5)27(34)36-28(2,3)4;/h9-14,18,22H,7-8,15-17,19H2,1-6H3;1H. The Morgan fingerprint density at radius 1 is 1.14 bits per heavy atom. The minimum atomic E-state index is -0.559. The molecule has 1 fully saturated rings. The summed E-state index contributed by atoms with van der Waals surface area (Å²) >= 11 is 0. The molecule has 2 aromatic carbocycles. The molecule has 3 rings (SSSR count). The van der Waals surface area contributed by atoms with Crippen LogP contribution in [0.5, 0.6) is 5.75 Å². The lowest BCUT2D eigenvalue weighted by molar-refractivity contribution is 0.0237. The Labute approximate surface area is 215 Å². The minimum Gasteiger partial charge on any atom is -0.494 e. The highest BCUT2D eigenvalue weighted by Gasteiger charge is 2.31. The predicted octanol–water partition coefficient (Wildman–Crippen LogP) is 5.97. The molecule has 198 valence electrons. The van der Waals surface area contributed by atoms with Crippen molar-refractivity contribution in [3.8, 4) is 5.75 Å². The first-order valence-corrected chi connectivity index (χ1v) is 12.5. The Balaban J connectivity index is 0.00000481. The molecule has 0 saturated carbocycles. The topological polar surface area (TPSA) is 62.3 Å². The first-order valence-electron chi connectivity index (χ1n) is 12.5. The summed E-state index contributed by atoms with van der Waals surface area (Å²) < 4.78 is 26.2. The van der Waals surface area contributed by atoms with Gasteiger partial charge in [0, 0.05) is 39.9 Å². The normalized spacial score (nSPS) is 15.5. The molecule has 0 N–H and O–H groups in total. The van der Waals surface area contributed by atoms with Crippen molar-refractivity contribution < 1.29 is 24.9 Å². The van der Waals surface area contributed by atoms with Crippen LogP contribution in [-0.2, 0) is 4.74 Å². The Kier molecular flexibility index (Phi) is 8.82. The molecule has 1 aliphatic heterocycles. The number of halogens is 1. The van der Waals surface area contributed by atoms with Gasteiger partial charge in [0.1, 0.15) is 17.2 Å². The highest BCUT2D eigenvalue weighted by molar-refractivity contribution is 6.05. The van der Waals surface area contributed by atoms with Crippen LogP contribution in [0.4, 0.5) is 20.6 Å². The van der Waals surface area contributed by atoms with Gasteiger partial charge in [0.25, 0.3) is 5.91 Å². The van der Waals surface area contributed by atoms with E-state index in [4.69, 9.17) is 9.47 Å². The van der Waals surface area contributed by atoms with E-state index < -0.39 is 11.4 Å². The van der Waals surface area contributed by atoms with Gasteiger partial charge in [-0.05, 0) is 76.1 Å². The molecule has 0 aromatic heterocycles. The summed E-state index contributed by atoms with van der Waals surface area (Å²) in [5.74, 6) is -0.0757. The fourth-order valence-corrected chi connectivity index (χ4v) is 4.07. The van der Waals surface area contributed by atoms with Crippen LogP contribution in [0.25, 0.3) is 0 Å². The molecule has 1 saturated heterocycles. The third kappa shape index (κ3) is 6.89. The number of amides is 2. The maximum Gasteiger partial charge on any atom is 0.410 e. The highest BCUT2D eigenvalue weighted by Crippen LogP contribution is 2.29. The third-order valence-electron chi connectivity index (χ3n) is 6.22.